The number of halogens is 2. The molecule has 1 aromatic heterocycles. The molecule has 4 nitrogen and oxygen atoms in total. The van der Waals surface area contributed by atoms with E-state index in [0.717, 1.165) is 34.4 Å². The first-order chi connectivity index (χ1) is 10.1. The number of hydrazine groups is 1. The summed E-state index contributed by atoms with van der Waals surface area (Å²) in [5.74, 6) is 5.41. The second kappa shape index (κ2) is 7.15. The summed E-state index contributed by atoms with van der Waals surface area (Å²) >= 11 is 3.46. The van der Waals surface area contributed by atoms with Gasteiger partial charge in [0, 0.05) is 23.1 Å². The molecule has 0 fully saturated rings. The normalized spacial score (nSPS) is 12.6. The zero-order valence-corrected chi connectivity index (χ0v) is 13.8. The third-order valence-corrected chi connectivity index (χ3v) is 4.25. The number of nitrogens with one attached hydrogen (secondary N) is 1. The number of nitrogens with zero attached hydrogens (tertiary/aromatic N) is 2. The van der Waals surface area contributed by atoms with E-state index < -0.39 is 0 Å². The Morgan fingerprint density at radius 2 is 2.14 bits per heavy atom. The molecule has 1 aromatic carbocycles. The van der Waals surface area contributed by atoms with Gasteiger partial charge in [0.25, 0.3) is 0 Å². The Balaban J connectivity index is 2.30. The minimum Gasteiger partial charge on any atom is -0.271 e. The molecule has 2 rings (SSSR count). The van der Waals surface area contributed by atoms with Gasteiger partial charge in [-0.15, -0.1) is 0 Å². The van der Waals surface area contributed by atoms with Crippen LogP contribution in [0, 0.1) is 5.82 Å². The van der Waals surface area contributed by atoms with Crippen molar-refractivity contribution in [3.8, 4) is 0 Å². The lowest BCUT2D eigenvalue weighted by Gasteiger charge is -2.18. The minimum absolute atomic E-state index is 0.179. The lowest BCUT2D eigenvalue weighted by molar-refractivity contribution is 0.511. The van der Waals surface area contributed by atoms with Gasteiger partial charge in [-0.3, -0.25) is 16.0 Å². The van der Waals surface area contributed by atoms with E-state index in [4.69, 9.17) is 5.84 Å². The van der Waals surface area contributed by atoms with E-state index in [2.05, 4.69) is 46.4 Å². The van der Waals surface area contributed by atoms with Crippen LogP contribution in [0.2, 0.25) is 0 Å². The number of aromatic nitrogens is 2. The number of benzene rings is 1. The third kappa shape index (κ3) is 3.70. The molecule has 0 aliphatic rings. The van der Waals surface area contributed by atoms with E-state index in [9.17, 15) is 4.39 Å². The van der Waals surface area contributed by atoms with Crippen molar-refractivity contribution in [1.82, 2.24) is 15.2 Å². The summed E-state index contributed by atoms with van der Waals surface area (Å²) in [6.07, 6.45) is 1.55. The van der Waals surface area contributed by atoms with Gasteiger partial charge in [-0.05, 0) is 43.2 Å². The van der Waals surface area contributed by atoms with Gasteiger partial charge < -0.3 is 0 Å². The van der Waals surface area contributed by atoms with Crippen molar-refractivity contribution in [3.63, 3.8) is 0 Å². The number of hydrogen-bond acceptors (Lipinski definition) is 3. The van der Waals surface area contributed by atoms with Crippen molar-refractivity contribution >= 4 is 15.9 Å². The molecule has 1 atom stereocenters. The van der Waals surface area contributed by atoms with Crippen LogP contribution in [0.15, 0.2) is 28.7 Å². The summed E-state index contributed by atoms with van der Waals surface area (Å²) in [5, 5.41) is 4.53. The molecule has 3 N–H and O–H groups in total. The molecule has 0 bridgehead atoms. The number of nitrogens with two attached hydrogens (primary N) is 1. The van der Waals surface area contributed by atoms with Crippen molar-refractivity contribution in [2.24, 2.45) is 5.84 Å². The van der Waals surface area contributed by atoms with Gasteiger partial charge in [0.15, 0.2) is 0 Å². The van der Waals surface area contributed by atoms with Crippen molar-refractivity contribution < 1.29 is 4.39 Å². The van der Waals surface area contributed by atoms with E-state index >= 15 is 0 Å². The van der Waals surface area contributed by atoms with Crippen molar-refractivity contribution in [3.05, 3.63) is 51.5 Å². The molecule has 0 aliphatic heterocycles. The maximum atomic E-state index is 13.5. The molecular formula is C15H20BrFN4. The first-order valence-corrected chi connectivity index (χ1v) is 7.85. The summed E-state index contributed by atoms with van der Waals surface area (Å²) in [6.45, 7) is 4.93. The predicted octanol–water partition coefficient (Wildman–Crippen LogP) is 3.11. The van der Waals surface area contributed by atoms with Gasteiger partial charge in [-0.25, -0.2) is 4.39 Å². The van der Waals surface area contributed by atoms with Gasteiger partial charge in [-0.1, -0.05) is 22.9 Å². The Bertz CT molecular complexity index is 612. The molecule has 0 spiro atoms. The van der Waals surface area contributed by atoms with Crippen LogP contribution < -0.4 is 11.3 Å². The Morgan fingerprint density at radius 1 is 1.38 bits per heavy atom. The monoisotopic (exact) mass is 354 g/mol. The summed E-state index contributed by atoms with van der Waals surface area (Å²) in [4.78, 5) is 0. The quantitative estimate of drug-likeness (QED) is 0.618. The first kappa shape index (κ1) is 16.1. The van der Waals surface area contributed by atoms with Gasteiger partial charge >= 0.3 is 0 Å². The number of aryl methyl sites for hydroxylation is 2. The molecule has 1 unspecified atom stereocenters. The Kier molecular flexibility index (Phi) is 5.50. The van der Waals surface area contributed by atoms with Crippen LogP contribution in [0.25, 0.3) is 0 Å². The summed E-state index contributed by atoms with van der Waals surface area (Å²) < 4.78 is 16.3. The van der Waals surface area contributed by atoms with Gasteiger partial charge in [0.05, 0.1) is 11.7 Å². The average molecular weight is 355 g/mol. The second-order valence-corrected chi connectivity index (χ2v) is 5.74. The fourth-order valence-corrected chi connectivity index (χ4v) is 2.90. The van der Waals surface area contributed by atoms with E-state index in [-0.39, 0.29) is 11.9 Å². The van der Waals surface area contributed by atoms with Crippen LogP contribution in [0.1, 0.15) is 36.8 Å². The molecule has 0 amide bonds. The van der Waals surface area contributed by atoms with Crippen LogP contribution in [-0.2, 0) is 19.4 Å². The summed E-state index contributed by atoms with van der Waals surface area (Å²) in [5.41, 5.74) is 5.73. The zero-order valence-electron chi connectivity index (χ0n) is 12.2. The fraction of sp³-hybridized carbons (Fsp3) is 0.400. The Hall–Kier alpha value is -1.24. The lowest BCUT2D eigenvalue weighted by atomic mass is 10.0. The molecular weight excluding hydrogens is 335 g/mol. The largest absolute Gasteiger partial charge is 0.271 e. The highest BCUT2D eigenvalue weighted by Crippen LogP contribution is 2.27. The lowest BCUT2D eigenvalue weighted by Crippen LogP contribution is -2.30. The number of hydrogen-bond donors (Lipinski definition) is 2. The zero-order chi connectivity index (χ0) is 15.4. The number of rotatable bonds is 6. The van der Waals surface area contributed by atoms with Crippen molar-refractivity contribution in [1.29, 1.82) is 0 Å². The molecule has 21 heavy (non-hydrogen) atoms. The van der Waals surface area contributed by atoms with E-state index in [1.165, 1.54) is 12.1 Å². The molecule has 1 heterocycles. The smallest absolute Gasteiger partial charge is 0.123 e. The molecule has 0 saturated heterocycles. The Morgan fingerprint density at radius 3 is 2.76 bits per heavy atom. The summed E-state index contributed by atoms with van der Waals surface area (Å²) in [7, 11) is 0. The first-order valence-electron chi connectivity index (χ1n) is 7.05. The van der Waals surface area contributed by atoms with Gasteiger partial charge in [0.1, 0.15) is 5.82 Å². The SMILES string of the molecule is CCc1cc(CC(NN)c2cc(F)ccc2Br)n(CC)n1. The molecule has 2 aromatic rings. The molecule has 0 aliphatic carbocycles. The topological polar surface area (TPSA) is 55.9 Å². The second-order valence-electron chi connectivity index (χ2n) is 4.89. The Labute approximate surface area is 132 Å². The summed E-state index contributed by atoms with van der Waals surface area (Å²) in [6, 6.07) is 6.53. The maximum Gasteiger partial charge on any atom is 0.123 e. The highest BCUT2D eigenvalue weighted by atomic mass is 79.9. The van der Waals surface area contributed by atoms with E-state index in [1.54, 1.807) is 6.07 Å². The predicted molar refractivity (Wildman–Crippen MR) is 85.1 cm³/mol. The van der Waals surface area contributed by atoms with Crippen LogP contribution in [0.3, 0.4) is 0 Å². The molecule has 114 valence electrons. The van der Waals surface area contributed by atoms with Crippen LogP contribution in [0.4, 0.5) is 4.39 Å². The van der Waals surface area contributed by atoms with Crippen LogP contribution in [0.5, 0.6) is 0 Å². The standard InChI is InChI=1S/C15H20BrFN4/c1-3-11-8-12(21(4-2)20-11)9-15(19-18)13-7-10(17)5-6-14(13)16/h5-8,15,19H,3-4,9,18H2,1-2H3. The minimum atomic E-state index is -0.272. The van der Waals surface area contributed by atoms with Crippen LogP contribution in [-0.4, -0.2) is 9.78 Å². The molecule has 6 heteroatoms. The highest BCUT2D eigenvalue weighted by Gasteiger charge is 2.17. The van der Waals surface area contributed by atoms with Crippen LogP contribution >= 0.6 is 15.9 Å². The fourth-order valence-electron chi connectivity index (χ4n) is 2.38. The molecule has 0 saturated carbocycles. The van der Waals surface area contributed by atoms with Crippen molar-refractivity contribution in [2.45, 2.75) is 39.3 Å². The molecule has 0 radical (unpaired) electrons. The van der Waals surface area contributed by atoms with Gasteiger partial charge in [0.2, 0.25) is 0 Å². The maximum absolute atomic E-state index is 13.5. The van der Waals surface area contributed by atoms with E-state index in [1.807, 2.05) is 4.68 Å². The van der Waals surface area contributed by atoms with E-state index in [0.29, 0.717) is 6.42 Å². The highest BCUT2D eigenvalue weighted by molar-refractivity contribution is 9.10. The average Bonchev–Trinajstić information content (AvgIpc) is 2.89. The van der Waals surface area contributed by atoms with Gasteiger partial charge in [-0.2, -0.15) is 5.10 Å². The van der Waals surface area contributed by atoms with Crippen molar-refractivity contribution in [2.75, 3.05) is 0 Å². The third-order valence-electron chi connectivity index (χ3n) is 3.52.